The molecule has 4 aromatic rings. The van der Waals surface area contributed by atoms with Gasteiger partial charge in [-0.3, -0.25) is 9.36 Å². The Labute approximate surface area is 180 Å². The minimum Gasteiger partial charge on any atom is -0.508 e. The molecule has 31 heavy (non-hydrogen) atoms. The first-order valence-corrected chi connectivity index (χ1v) is 10.3. The van der Waals surface area contributed by atoms with Crippen molar-refractivity contribution in [1.82, 2.24) is 9.55 Å². The van der Waals surface area contributed by atoms with E-state index in [0.29, 0.717) is 13.0 Å². The van der Waals surface area contributed by atoms with E-state index in [1.165, 1.54) is 0 Å². The van der Waals surface area contributed by atoms with Crippen molar-refractivity contribution in [2.75, 3.05) is 6.61 Å². The number of hydrogen-bond acceptors (Lipinski definition) is 4. The van der Waals surface area contributed by atoms with E-state index in [1.807, 2.05) is 65.2 Å². The number of aromatic nitrogens is 2. The topological polar surface area (TPSA) is 84.6 Å². The van der Waals surface area contributed by atoms with Gasteiger partial charge < -0.3 is 14.9 Å². The number of aromatic hydroxyl groups is 1. The van der Waals surface area contributed by atoms with Gasteiger partial charge in [-0.2, -0.15) is 0 Å². The number of rotatable bonds is 9. The summed E-state index contributed by atoms with van der Waals surface area (Å²) in [7, 11) is 0. The molecule has 158 valence electrons. The molecule has 0 aliphatic heterocycles. The second kappa shape index (κ2) is 9.34. The Balaban J connectivity index is 1.64. The van der Waals surface area contributed by atoms with Gasteiger partial charge in [0.25, 0.3) is 0 Å². The minimum atomic E-state index is -0.763. The van der Waals surface area contributed by atoms with Crippen LogP contribution in [0.5, 0.6) is 11.5 Å². The average Bonchev–Trinajstić information content (AvgIpc) is 3.15. The summed E-state index contributed by atoms with van der Waals surface area (Å²) >= 11 is 0. The summed E-state index contributed by atoms with van der Waals surface area (Å²) in [5, 5.41) is 18.7. The molecule has 0 amide bonds. The number of phenolic OH excluding ortho intramolecular Hbond substituents is 1. The lowest BCUT2D eigenvalue weighted by molar-refractivity contribution is -0.137. The molecule has 0 aliphatic carbocycles. The van der Waals surface area contributed by atoms with Crippen LogP contribution in [-0.2, 0) is 4.79 Å². The second-order valence-electron chi connectivity index (χ2n) is 7.36. The first-order valence-electron chi connectivity index (χ1n) is 10.3. The Morgan fingerprint density at radius 3 is 2.55 bits per heavy atom. The summed E-state index contributed by atoms with van der Waals surface area (Å²) in [5.41, 5.74) is 3.50. The zero-order valence-electron chi connectivity index (χ0n) is 17.1. The number of nitrogens with zero attached hydrogens (tertiary/aromatic N) is 2. The van der Waals surface area contributed by atoms with Gasteiger partial charge in [-0.1, -0.05) is 36.4 Å². The van der Waals surface area contributed by atoms with Crippen LogP contribution < -0.4 is 4.74 Å². The van der Waals surface area contributed by atoms with Crippen molar-refractivity contribution in [3.63, 3.8) is 0 Å². The Morgan fingerprint density at radius 1 is 0.935 bits per heavy atom. The van der Waals surface area contributed by atoms with Crippen LogP contribution in [0.25, 0.3) is 28.1 Å². The van der Waals surface area contributed by atoms with Gasteiger partial charge >= 0.3 is 5.97 Å². The summed E-state index contributed by atoms with van der Waals surface area (Å²) in [4.78, 5) is 15.4. The molecule has 4 rings (SSSR count). The van der Waals surface area contributed by atoms with Crippen molar-refractivity contribution in [1.29, 1.82) is 0 Å². The number of ether oxygens (including phenoxy) is 1. The molecule has 1 heterocycles. The van der Waals surface area contributed by atoms with Crippen LogP contribution in [0.4, 0.5) is 0 Å². The first-order chi connectivity index (χ1) is 15.1. The molecular weight excluding hydrogens is 392 g/mol. The van der Waals surface area contributed by atoms with Gasteiger partial charge in [-0.15, -0.1) is 0 Å². The largest absolute Gasteiger partial charge is 0.508 e. The lowest BCUT2D eigenvalue weighted by atomic mass is 10.2. The summed E-state index contributed by atoms with van der Waals surface area (Å²) < 4.78 is 7.93. The third-order valence-corrected chi connectivity index (χ3v) is 5.05. The summed E-state index contributed by atoms with van der Waals surface area (Å²) in [5.74, 6) is 0.937. The number of benzene rings is 3. The molecule has 0 saturated heterocycles. The van der Waals surface area contributed by atoms with Gasteiger partial charge in [-0.05, 0) is 43.5 Å². The van der Waals surface area contributed by atoms with Crippen molar-refractivity contribution < 1.29 is 19.7 Å². The summed E-state index contributed by atoms with van der Waals surface area (Å²) in [6.45, 7) is 0.525. The number of unbranched alkanes of at least 4 members (excludes halogenated alkanes) is 2. The quantitative estimate of drug-likeness (QED) is 0.356. The van der Waals surface area contributed by atoms with Crippen LogP contribution in [0.3, 0.4) is 0 Å². The van der Waals surface area contributed by atoms with Crippen LogP contribution in [0.15, 0.2) is 72.8 Å². The summed E-state index contributed by atoms with van der Waals surface area (Å²) in [6.07, 6.45) is 2.46. The zero-order valence-corrected chi connectivity index (χ0v) is 17.1. The molecule has 0 bridgehead atoms. The van der Waals surface area contributed by atoms with E-state index in [4.69, 9.17) is 14.8 Å². The van der Waals surface area contributed by atoms with Crippen LogP contribution >= 0.6 is 0 Å². The third-order valence-electron chi connectivity index (χ3n) is 5.05. The maximum Gasteiger partial charge on any atom is 0.303 e. The predicted molar refractivity (Wildman–Crippen MR) is 120 cm³/mol. The average molecular weight is 416 g/mol. The van der Waals surface area contributed by atoms with Crippen LogP contribution in [0, 0.1) is 0 Å². The number of carboxylic acid groups (broad SMARTS) is 1. The molecular formula is C25H24N2O4. The fourth-order valence-electron chi connectivity index (χ4n) is 3.56. The summed E-state index contributed by atoms with van der Waals surface area (Å²) in [6, 6.07) is 22.8. The number of imidazole rings is 1. The Morgan fingerprint density at radius 2 is 1.77 bits per heavy atom. The lowest BCUT2D eigenvalue weighted by Gasteiger charge is -2.11. The second-order valence-corrected chi connectivity index (χ2v) is 7.36. The lowest BCUT2D eigenvalue weighted by Crippen LogP contribution is -2.00. The van der Waals surface area contributed by atoms with Gasteiger partial charge in [0.05, 0.1) is 23.3 Å². The molecule has 3 aromatic carbocycles. The van der Waals surface area contributed by atoms with Crippen molar-refractivity contribution >= 4 is 17.0 Å². The van der Waals surface area contributed by atoms with E-state index in [2.05, 4.69) is 0 Å². The highest BCUT2D eigenvalue weighted by Gasteiger charge is 2.15. The number of fused-ring (bicyclic) bond motifs is 1. The third kappa shape index (κ3) is 4.86. The van der Waals surface area contributed by atoms with Crippen molar-refractivity contribution in [2.24, 2.45) is 0 Å². The maximum absolute atomic E-state index is 10.6. The van der Waals surface area contributed by atoms with E-state index in [0.717, 1.165) is 46.7 Å². The van der Waals surface area contributed by atoms with E-state index in [-0.39, 0.29) is 12.2 Å². The number of aliphatic carboxylic acids is 1. The molecule has 6 heteroatoms. The number of phenols is 1. The number of carboxylic acids is 1. The predicted octanol–water partition coefficient (Wildman–Crippen LogP) is 5.42. The molecule has 0 fully saturated rings. The maximum atomic E-state index is 10.6. The van der Waals surface area contributed by atoms with Crippen molar-refractivity contribution in [3.05, 3.63) is 72.8 Å². The van der Waals surface area contributed by atoms with Gasteiger partial charge in [-0.25, -0.2) is 4.98 Å². The van der Waals surface area contributed by atoms with E-state index < -0.39 is 5.97 Å². The highest BCUT2D eigenvalue weighted by Crippen LogP contribution is 2.31. The normalized spacial score (nSPS) is 11.0. The molecule has 6 nitrogen and oxygen atoms in total. The molecule has 0 radical (unpaired) electrons. The van der Waals surface area contributed by atoms with Gasteiger partial charge in [0, 0.05) is 24.1 Å². The van der Waals surface area contributed by atoms with E-state index in [1.54, 1.807) is 12.1 Å². The molecule has 0 unspecified atom stereocenters. The van der Waals surface area contributed by atoms with Gasteiger partial charge in [0.15, 0.2) is 0 Å². The molecule has 0 saturated carbocycles. The standard InChI is InChI=1S/C25H24N2O4/c28-20-11-7-10-19(16-20)27-23-17-21(31-15-6-2-5-12-24(29)30)13-14-22(23)26-25(27)18-8-3-1-4-9-18/h1,3-4,7-11,13-14,16-17,28H,2,5-6,12,15H2,(H,29,30). The van der Waals surface area contributed by atoms with E-state index >= 15 is 0 Å². The Kier molecular flexibility index (Phi) is 6.17. The smallest absolute Gasteiger partial charge is 0.303 e. The van der Waals surface area contributed by atoms with Crippen LogP contribution in [-0.4, -0.2) is 32.3 Å². The molecule has 0 aliphatic rings. The SMILES string of the molecule is O=C(O)CCCCCOc1ccc2nc(-c3ccccc3)n(-c3cccc(O)c3)c2c1. The van der Waals surface area contributed by atoms with E-state index in [9.17, 15) is 9.90 Å². The Hall–Kier alpha value is -3.80. The van der Waals surface area contributed by atoms with Crippen molar-refractivity contribution in [3.8, 4) is 28.6 Å². The van der Waals surface area contributed by atoms with Gasteiger partial charge in [0.1, 0.15) is 17.3 Å². The van der Waals surface area contributed by atoms with Gasteiger partial charge in [0.2, 0.25) is 0 Å². The highest BCUT2D eigenvalue weighted by molar-refractivity contribution is 5.84. The monoisotopic (exact) mass is 416 g/mol. The fraction of sp³-hybridized carbons (Fsp3) is 0.200. The zero-order chi connectivity index (χ0) is 21.6. The fourth-order valence-corrected chi connectivity index (χ4v) is 3.56. The molecule has 0 spiro atoms. The molecule has 2 N–H and O–H groups in total. The van der Waals surface area contributed by atoms with Crippen LogP contribution in [0.2, 0.25) is 0 Å². The number of carbonyl (C=O) groups is 1. The van der Waals surface area contributed by atoms with Crippen molar-refractivity contribution in [2.45, 2.75) is 25.7 Å². The minimum absolute atomic E-state index is 0.187. The molecule has 1 aromatic heterocycles. The Bertz CT molecular complexity index is 1180. The highest BCUT2D eigenvalue weighted by atomic mass is 16.5. The number of hydrogen-bond donors (Lipinski definition) is 2. The first kappa shape index (κ1) is 20.5. The molecule has 0 atom stereocenters. The van der Waals surface area contributed by atoms with Crippen LogP contribution in [0.1, 0.15) is 25.7 Å².